The van der Waals surface area contributed by atoms with E-state index in [1.165, 1.54) is 21.3 Å². The van der Waals surface area contributed by atoms with Crippen molar-refractivity contribution in [1.29, 1.82) is 5.26 Å². The number of nitrogens with two attached hydrogens (primary N) is 1. The van der Waals surface area contributed by atoms with Crippen molar-refractivity contribution in [3.8, 4) is 52.0 Å². The first kappa shape index (κ1) is 20.4. The Morgan fingerprint density at radius 2 is 1.85 bits per heavy atom. The lowest BCUT2D eigenvalue weighted by atomic mass is 9.82. The summed E-state index contributed by atoms with van der Waals surface area (Å²) in [6.07, 6.45) is 0. The SMILES string of the molecule is COc1ccc(C2C(C#N)=C(N)Oc3n[nH]c(-c4ccc5c(c4)OCO5)c32)c(OC)c1OC. The summed E-state index contributed by atoms with van der Waals surface area (Å²) in [5, 5.41) is 17.3. The van der Waals surface area contributed by atoms with E-state index < -0.39 is 5.92 Å². The molecule has 168 valence electrons. The molecule has 3 N–H and O–H groups in total. The van der Waals surface area contributed by atoms with E-state index in [0.717, 1.165) is 5.56 Å². The number of nitrogens with one attached hydrogen (secondary N) is 1. The smallest absolute Gasteiger partial charge is 0.244 e. The lowest BCUT2D eigenvalue weighted by Crippen LogP contribution is -2.21. The van der Waals surface area contributed by atoms with Crippen LogP contribution in [0.3, 0.4) is 0 Å². The van der Waals surface area contributed by atoms with E-state index in [-0.39, 0.29) is 24.1 Å². The number of aromatic nitrogens is 2. The molecule has 1 unspecified atom stereocenters. The second kappa shape index (κ2) is 7.87. The summed E-state index contributed by atoms with van der Waals surface area (Å²) in [5.41, 5.74) is 9.03. The lowest BCUT2D eigenvalue weighted by molar-refractivity contribution is 0.174. The van der Waals surface area contributed by atoms with Crippen molar-refractivity contribution < 1.29 is 28.4 Å². The first-order chi connectivity index (χ1) is 16.1. The Hall–Kier alpha value is -4.52. The monoisotopic (exact) mass is 448 g/mol. The van der Waals surface area contributed by atoms with Crippen molar-refractivity contribution in [3.05, 3.63) is 52.9 Å². The zero-order valence-electron chi connectivity index (χ0n) is 18.1. The van der Waals surface area contributed by atoms with Gasteiger partial charge in [0.05, 0.1) is 38.5 Å². The number of fused-ring (bicyclic) bond motifs is 2. The molecule has 0 fully saturated rings. The summed E-state index contributed by atoms with van der Waals surface area (Å²) in [4.78, 5) is 0. The Labute approximate surface area is 189 Å². The zero-order chi connectivity index (χ0) is 23.1. The third kappa shape index (κ3) is 3.05. The molecule has 10 heteroatoms. The van der Waals surface area contributed by atoms with Gasteiger partial charge in [-0.3, -0.25) is 5.10 Å². The number of hydrogen-bond acceptors (Lipinski definition) is 9. The molecule has 0 bridgehead atoms. The molecule has 0 saturated heterocycles. The largest absolute Gasteiger partial charge is 0.493 e. The van der Waals surface area contributed by atoms with E-state index in [4.69, 9.17) is 34.2 Å². The first-order valence-corrected chi connectivity index (χ1v) is 9.96. The van der Waals surface area contributed by atoms with Crippen molar-refractivity contribution in [3.63, 3.8) is 0 Å². The number of nitrogens with zero attached hydrogens (tertiary/aromatic N) is 2. The molecule has 2 aromatic carbocycles. The van der Waals surface area contributed by atoms with Crippen molar-refractivity contribution in [2.24, 2.45) is 5.73 Å². The van der Waals surface area contributed by atoms with Crippen molar-refractivity contribution in [2.75, 3.05) is 28.1 Å². The molecule has 1 atom stereocenters. The Bertz CT molecular complexity index is 1320. The molecular formula is C23H20N4O6. The molecular weight excluding hydrogens is 428 g/mol. The standard InChI is InChI=1S/C23H20N4O6/c1-28-15-7-5-12(20(29-2)21(15)30-3)17-13(9-24)22(25)33-23-18(17)19(26-27-23)11-4-6-14-16(8-11)32-10-31-14/h4-8,17H,10,25H2,1-3H3,(H,26,27). The number of rotatable bonds is 5. The van der Waals surface area contributed by atoms with Gasteiger partial charge in [0.15, 0.2) is 23.0 Å². The van der Waals surface area contributed by atoms with Crippen molar-refractivity contribution in [1.82, 2.24) is 10.2 Å². The minimum Gasteiger partial charge on any atom is -0.493 e. The van der Waals surface area contributed by atoms with Gasteiger partial charge in [0.2, 0.25) is 24.3 Å². The summed E-state index contributed by atoms with van der Waals surface area (Å²) in [7, 11) is 4.58. The normalized spacial score (nSPS) is 16.0. The number of hydrogen-bond donors (Lipinski definition) is 2. The van der Waals surface area contributed by atoms with Gasteiger partial charge in [-0.1, -0.05) is 6.07 Å². The Morgan fingerprint density at radius 1 is 1.06 bits per heavy atom. The van der Waals surface area contributed by atoms with Crippen LogP contribution in [-0.2, 0) is 0 Å². The summed E-state index contributed by atoms with van der Waals surface area (Å²) in [6.45, 7) is 0.159. The molecule has 0 saturated carbocycles. The molecule has 0 spiro atoms. The highest BCUT2D eigenvalue weighted by Gasteiger charge is 2.38. The maximum absolute atomic E-state index is 10.0. The molecule has 2 aliphatic rings. The predicted octanol–water partition coefficient (Wildman–Crippen LogP) is 3.05. The highest BCUT2D eigenvalue weighted by molar-refractivity contribution is 5.74. The third-order valence-electron chi connectivity index (χ3n) is 5.65. The van der Waals surface area contributed by atoms with Gasteiger partial charge in [0.1, 0.15) is 11.6 Å². The molecule has 1 aromatic heterocycles. The molecule has 2 aliphatic heterocycles. The minimum absolute atomic E-state index is 0.0319. The lowest BCUT2D eigenvalue weighted by Gasteiger charge is -2.26. The van der Waals surface area contributed by atoms with Gasteiger partial charge in [0, 0.05) is 11.1 Å². The molecule has 5 rings (SSSR count). The van der Waals surface area contributed by atoms with Crippen molar-refractivity contribution in [2.45, 2.75) is 5.92 Å². The second-order valence-corrected chi connectivity index (χ2v) is 7.23. The Balaban J connectivity index is 1.75. The second-order valence-electron chi connectivity index (χ2n) is 7.23. The molecule has 33 heavy (non-hydrogen) atoms. The molecule has 0 aliphatic carbocycles. The van der Waals surface area contributed by atoms with Crippen LogP contribution in [0.5, 0.6) is 34.6 Å². The highest BCUT2D eigenvalue weighted by Crippen LogP contribution is 2.52. The fourth-order valence-electron chi connectivity index (χ4n) is 4.18. The maximum atomic E-state index is 10.0. The summed E-state index contributed by atoms with van der Waals surface area (Å²) in [5.74, 6) is 2.16. The minimum atomic E-state index is -0.646. The number of aromatic amines is 1. The van der Waals surface area contributed by atoms with Crippen LogP contribution in [0, 0.1) is 11.3 Å². The Kier molecular flexibility index (Phi) is 4.86. The number of allylic oxidation sites excluding steroid dienone is 1. The fraction of sp³-hybridized carbons (Fsp3) is 0.217. The predicted molar refractivity (Wildman–Crippen MR) is 116 cm³/mol. The quantitative estimate of drug-likeness (QED) is 0.604. The molecule has 3 heterocycles. The molecule has 10 nitrogen and oxygen atoms in total. The van der Waals surface area contributed by atoms with Gasteiger partial charge in [-0.25, -0.2) is 0 Å². The molecule has 0 amide bonds. The number of H-pyrrole nitrogens is 1. The van der Waals surface area contributed by atoms with Gasteiger partial charge in [-0.15, -0.1) is 5.10 Å². The van der Waals surface area contributed by atoms with Crippen LogP contribution < -0.4 is 34.2 Å². The van der Waals surface area contributed by atoms with E-state index in [1.54, 1.807) is 12.1 Å². The van der Waals surface area contributed by atoms with E-state index in [0.29, 0.717) is 45.6 Å². The van der Waals surface area contributed by atoms with Crippen LogP contribution >= 0.6 is 0 Å². The topological polar surface area (TPSA) is 134 Å². The summed E-state index contributed by atoms with van der Waals surface area (Å²) >= 11 is 0. The average Bonchev–Trinajstić information content (AvgIpc) is 3.48. The van der Waals surface area contributed by atoms with E-state index >= 15 is 0 Å². The van der Waals surface area contributed by atoms with Crippen LogP contribution in [-0.4, -0.2) is 38.3 Å². The van der Waals surface area contributed by atoms with Gasteiger partial charge < -0.3 is 34.2 Å². The van der Waals surface area contributed by atoms with E-state index in [1.807, 2.05) is 18.2 Å². The van der Waals surface area contributed by atoms with E-state index in [2.05, 4.69) is 16.3 Å². The summed E-state index contributed by atoms with van der Waals surface area (Å²) in [6, 6.07) is 11.3. The number of benzene rings is 2. The number of ether oxygens (including phenoxy) is 6. The summed E-state index contributed by atoms with van der Waals surface area (Å²) < 4.78 is 33.3. The van der Waals surface area contributed by atoms with Crippen LogP contribution in [0.4, 0.5) is 0 Å². The number of methoxy groups -OCH3 is 3. The van der Waals surface area contributed by atoms with Gasteiger partial charge >= 0.3 is 0 Å². The molecule has 3 aromatic rings. The number of nitriles is 1. The van der Waals surface area contributed by atoms with Gasteiger partial charge in [-0.2, -0.15) is 5.26 Å². The first-order valence-electron chi connectivity index (χ1n) is 9.96. The van der Waals surface area contributed by atoms with Crippen LogP contribution in [0.15, 0.2) is 41.8 Å². The van der Waals surface area contributed by atoms with Crippen molar-refractivity contribution >= 4 is 0 Å². The van der Waals surface area contributed by atoms with Crippen LogP contribution in [0.2, 0.25) is 0 Å². The van der Waals surface area contributed by atoms with Gasteiger partial charge in [0.25, 0.3) is 0 Å². The van der Waals surface area contributed by atoms with E-state index in [9.17, 15) is 5.26 Å². The maximum Gasteiger partial charge on any atom is 0.244 e. The van der Waals surface area contributed by atoms with Gasteiger partial charge in [-0.05, 0) is 24.3 Å². The fourth-order valence-corrected chi connectivity index (χ4v) is 4.18. The average molecular weight is 448 g/mol. The van der Waals surface area contributed by atoms with Crippen LogP contribution in [0.25, 0.3) is 11.3 Å². The van der Waals surface area contributed by atoms with Crippen LogP contribution in [0.1, 0.15) is 17.0 Å². The zero-order valence-corrected chi connectivity index (χ0v) is 18.1. The third-order valence-corrected chi connectivity index (χ3v) is 5.65. The Morgan fingerprint density at radius 3 is 2.58 bits per heavy atom. The highest BCUT2D eigenvalue weighted by atomic mass is 16.7. The molecule has 0 radical (unpaired) electrons.